The van der Waals surface area contributed by atoms with Crippen molar-refractivity contribution < 1.29 is 9.53 Å². The Kier molecular flexibility index (Phi) is 6.66. The minimum Gasteiger partial charge on any atom is -0.483 e. The molecule has 1 amide bonds. The van der Waals surface area contributed by atoms with Crippen LogP contribution in [0.2, 0.25) is 0 Å². The van der Waals surface area contributed by atoms with Crippen LogP contribution in [0.3, 0.4) is 0 Å². The number of carbonyl (C=O) groups is 1. The van der Waals surface area contributed by atoms with E-state index in [2.05, 4.69) is 31.9 Å². The third kappa shape index (κ3) is 5.36. The summed E-state index contributed by atoms with van der Waals surface area (Å²) >= 11 is 6.83. The molecule has 0 heterocycles. The molecule has 0 bridgehead atoms. The molecule has 0 saturated carbocycles. The van der Waals surface area contributed by atoms with Gasteiger partial charge in [0, 0.05) is 17.1 Å². The molecule has 0 spiro atoms. The summed E-state index contributed by atoms with van der Waals surface area (Å²) in [5.41, 5.74) is 1.11. The quantitative estimate of drug-likeness (QED) is 0.630. The van der Waals surface area contributed by atoms with Crippen molar-refractivity contribution in [1.82, 2.24) is 4.90 Å². The van der Waals surface area contributed by atoms with Gasteiger partial charge in [0.25, 0.3) is 5.91 Å². The molecular formula is C18H19Br2NO2. The number of amides is 1. The molecule has 0 fully saturated rings. The Hall–Kier alpha value is -1.33. The van der Waals surface area contributed by atoms with E-state index < -0.39 is 0 Å². The Balaban J connectivity index is 2.01. The van der Waals surface area contributed by atoms with Crippen LogP contribution in [0, 0.1) is 0 Å². The van der Waals surface area contributed by atoms with Crippen molar-refractivity contribution in [3.8, 4) is 5.75 Å². The molecule has 0 atom stereocenters. The van der Waals surface area contributed by atoms with Crippen LogP contribution in [0.5, 0.6) is 5.75 Å². The molecule has 0 aromatic heterocycles. The first kappa shape index (κ1) is 18.0. The van der Waals surface area contributed by atoms with Gasteiger partial charge in [0.15, 0.2) is 6.61 Å². The normalized spacial score (nSPS) is 10.7. The van der Waals surface area contributed by atoms with E-state index in [0.717, 1.165) is 14.5 Å². The summed E-state index contributed by atoms with van der Waals surface area (Å²) in [6.45, 7) is 4.63. The summed E-state index contributed by atoms with van der Waals surface area (Å²) in [4.78, 5) is 14.3. The van der Waals surface area contributed by atoms with Gasteiger partial charge in [0.05, 0.1) is 4.47 Å². The van der Waals surface area contributed by atoms with Crippen LogP contribution in [0.15, 0.2) is 57.5 Å². The molecule has 3 nitrogen and oxygen atoms in total. The number of hydrogen-bond acceptors (Lipinski definition) is 2. The predicted molar refractivity (Wildman–Crippen MR) is 99.5 cm³/mol. The second-order valence-corrected chi connectivity index (χ2v) is 7.23. The second kappa shape index (κ2) is 8.50. The van der Waals surface area contributed by atoms with Gasteiger partial charge in [-0.25, -0.2) is 0 Å². The number of carbonyl (C=O) groups excluding carboxylic acids is 1. The van der Waals surface area contributed by atoms with Crippen molar-refractivity contribution in [2.45, 2.75) is 26.4 Å². The van der Waals surface area contributed by atoms with E-state index in [4.69, 9.17) is 4.74 Å². The van der Waals surface area contributed by atoms with E-state index in [9.17, 15) is 4.79 Å². The van der Waals surface area contributed by atoms with Crippen LogP contribution in [0.1, 0.15) is 19.4 Å². The molecule has 2 rings (SSSR count). The first-order chi connectivity index (χ1) is 11.0. The number of nitrogens with zero attached hydrogens (tertiary/aromatic N) is 1. The Morgan fingerprint density at radius 1 is 1.13 bits per heavy atom. The van der Waals surface area contributed by atoms with Gasteiger partial charge in [-0.1, -0.05) is 46.3 Å². The molecule has 0 N–H and O–H groups in total. The Labute approximate surface area is 153 Å². The molecule has 0 unspecified atom stereocenters. The molecular weight excluding hydrogens is 422 g/mol. The number of ether oxygens (including phenoxy) is 1. The fraction of sp³-hybridized carbons (Fsp3) is 0.278. The van der Waals surface area contributed by atoms with Crippen LogP contribution in [0.4, 0.5) is 0 Å². The first-order valence-corrected chi connectivity index (χ1v) is 8.97. The fourth-order valence-electron chi connectivity index (χ4n) is 2.15. The maximum atomic E-state index is 12.5. The monoisotopic (exact) mass is 439 g/mol. The minimum absolute atomic E-state index is 0.0191. The number of rotatable bonds is 6. The van der Waals surface area contributed by atoms with Gasteiger partial charge in [-0.2, -0.15) is 0 Å². The van der Waals surface area contributed by atoms with Crippen molar-refractivity contribution >= 4 is 37.8 Å². The molecule has 0 saturated heterocycles. The lowest BCUT2D eigenvalue weighted by Crippen LogP contribution is -2.39. The molecule has 2 aromatic carbocycles. The topological polar surface area (TPSA) is 29.5 Å². The maximum absolute atomic E-state index is 12.5. The number of halogens is 2. The molecule has 0 aliphatic rings. The zero-order chi connectivity index (χ0) is 16.8. The van der Waals surface area contributed by atoms with Gasteiger partial charge < -0.3 is 9.64 Å². The van der Waals surface area contributed by atoms with Crippen LogP contribution in [0.25, 0.3) is 0 Å². The molecule has 0 aliphatic carbocycles. The van der Waals surface area contributed by atoms with Crippen molar-refractivity contribution in [2.24, 2.45) is 0 Å². The van der Waals surface area contributed by atoms with Gasteiger partial charge in [-0.3, -0.25) is 4.79 Å². The SMILES string of the molecule is CC(C)N(Cc1ccccc1)C(=O)COc1ccc(Br)cc1Br. The largest absolute Gasteiger partial charge is 0.483 e. The third-order valence-electron chi connectivity index (χ3n) is 3.38. The third-order valence-corrected chi connectivity index (χ3v) is 4.50. The van der Waals surface area contributed by atoms with E-state index in [-0.39, 0.29) is 18.6 Å². The summed E-state index contributed by atoms with van der Waals surface area (Å²) in [6.07, 6.45) is 0. The van der Waals surface area contributed by atoms with Crippen LogP contribution in [-0.4, -0.2) is 23.5 Å². The zero-order valence-electron chi connectivity index (χ0n) is 13.1. The van der Waals surface area contributed by atoms with Gasteiger partial charge in [-0.15, -0.1) is 0 Å². The van der Waals surface area contributed by atoms with Crippen molar-refractivity contribution in [3.63, 3.8) is 0 Å². The Morgan fingerprint density at radius 2 is 1.83 bits per heavy atom. The Bertz CT molecular complexity index is 659. The summed E-state index contributed by atoms with van der Waals surface area (Å²) in [7, 11) is 0. The lowest BCUT2D eigenvalue weighted by molar-refractivity contribution is -0.135. The maximum Gasteiger partial charge on any atom is 0.261 e. The molecule has 5 heteroatoms. The van der Waals surface area contributed by atoms with Gasteiger partial charge in [0.2, 0.25) is 0 Å². The molecule has 0 aliphatic heterocycles. The second-order valence-electron chi connectivity index (χ2n) is 5.46. The molecule has 2 aromatic rings. The summed E-state index contributed by atoms with van der Waals surface area (Å²) in [6, 6.07) is 15.7. The van der Waals surface area contributed by atoms with E-state index in [1.165, 1.54) is 0 Å². The Morgan fingerprint density at radius 3 is 2.43 bits per heavy atom. The average Bonchev–Trinajstić information content (AvgIpc) is 2.52. The molecule has 23 heavy (non-hydrogen) atoms. The summed E-state index contributed by atoms with van der Waals surface area (Å²) < 4.78 is 7.44. The lowest BCUT2D eigenvalue weighted by Gasteiger charge is -2.27. The standard InChI is InChI=1S/C18H19Br2NO2/c1-13(2)21(11-14-6-4-3-5-7-14)18(22)12-23-17-9-8-15(19)10-16(17)20/h3-10,13H,11-12H2,1-2H3. The summed E-state index contributed by atoms with van der Waals surface area (Å²) in [5, 5.41) is 0. The summed E-state index contributed by atoms with van der Waals surface area (Å²) in [5.74, 6) is 0.628. The highest BCUT2D eigenvalue weighted by Crippen LogP contribution is 2.28. The van der Waals surface area contributed by atoms with E-state index >= 15 is 0 Å². The average molecular weight is 441 g/mol. The fourth-order valence-corrected chi connectivity index (χ4v) is 3.32. The number of benzene rings is 2. The van der Waals surface area contributed by atoms with Gasteiger partial charge in [0.1, 0.15) is 5.75 Å². The van der Waals surface area contributed by atoms with Crippen LogP contribution < -0.4 is 4.74 Å². The van der Waals surface area contributed by atoms with Crippen LogP contribution in [-0.2, 0) is 11.3 Å². The van der Waals surface area contributed by atoms with Crippen molar-refractivity contribution in [2.75, 3.05) is 6.61 Å². The predicted octanol–water partition coefficient (Wildman–Crippen LogP) is 5.03. The highest BCUT2D eigenvalue weighted by Gasteiger charge is 2.18. The lowest BCUT2D eigenvalue weighted by atomic mass is 10.2. The van der Waals surface area contributed by atoms with Gasteiger partial charge >= 0.3 is 0 Å². The van der Waals surface area contributed by atoms with E-state index in [0.29, 0.717) is 12.3 Å². The van der Waals surface area contributed by atoms with E-state index in [1.54, 1.807) is 0 Å². The van der Waals surface area contributed by atoms with E-state index in [1.807, 2.05) is 67.3 Å². The number of hydrogen-bond donors (Lipinski definition) is 0. The van der Waals surface area contributed by atoms with Crippen molar-refractivity contribution in [1.29, 1.82) is 0 Å². The minimum atomic E-state index is -0.0290. The highest BCUT2D eigenvalue weighted by atomic mass is 79.9. The van der Waals surface area contributed by atoms with Gasteiger partial charge in [-0.05, 0) is 53.5 Å². The molecule has 0 radical (unpaired) electrons. The highest BCUT2D eigenvalue weighted by molar-refractivity contribution is 9.11. The zero-order valence-corrected chi connectivity index (χ0v) is 16.3. The molecule has 122 valence electrons. The van der Waals surface area contributed by atoms with Crippen LogP contribution >= 0.6 is 31.9 Å². The van der Waals surface area contributed by atoms with Crippen molar-refractivity contribution in [3.05, 3.63) is 63.0 Å². The first-order valence-electron chi connectivity index (χ1n) is 7.38. The smallest absolute Gasteiger partial charge is 0.261 e.